The lowest BCUT2D eigenvalue weighted by Crippen LogP contribution is -2.46. The first-order valence-corrected chi connectivity index (χ1v) is 29.2. The fourth-order valence-corrected chi connectivity index (χ4v) is 8.19. The number of amides is 1. The molecule has 0 aliphatic heterocycles. The maximum atomic E-state index is 12.9. The summed E-state index contributed by atoms with van der Waals surface area (Å²) in [6.45, 7) is 4.69. The van der Waals surface area contributed by atoms with Crippen molar-refractivity contribution in [1.82, 2.24) is 5.32 Å². The summed E-state index contributed by atoms with van der Waals surface area (Å²) in [7, 11) is 1.60. The second kappa shape index (κ2) is 50.1. The van der Waals surface area contributed by atoms with Crippen LogP contribution in [0.4, 0.5) is 0 Å². The number of hydrogen-bond acceptors (Lipinski definition) is 5. The lowest BCUT2D eigenvalue weighted by molar-refractivity contribution is -0.870. The van der Waals surface area contributed by atoms with Crippen molar-refractivity contribution in [3.63, 3.8) is 0 Å². The van der Waals surface area contributed by atoms with E-state index >= 15 is 0 Å². The molecule has 9 heteroatoms. The van der Waals surface area contributed by atoms with Gasteiger partial charge in [-0.15, -0.1) is 0 Å². The second-order valence-electron chi connectivity index (χ2n) is 19.6. The van der Waals surface area contributed by atoms with E-state index in [2.05, 4.69) is 129 Å². The van der Waals surface area contributed by atoms with Crippen LogP contribution >= 0.6 is 7.82 Å². The number of aliphatic hydroxyl groups excluding tert-OH is 1. The molecule has 3 N–H and O–H groups in total. The maximum absolute atomic E-state index is 12.9. The normalized spacial score (nSPS) is 14.8. The van der Waals surface area contributed by atoms with Crippen molar-refractivity contribution in [3.8, 4) is 0 Å². The minimum absolute atomic E-state index is 0.0700. The smallest absolute Gasteiger partial charge is 0.391 e. The van der Waals surface area contributed by atoms with Crippen LogP contribution in [-0.4, -0.2) is 73.4 Å². The molecule has 0 aromatic carbocycles. The Bertz CT molecular complexity index is 1490. The first kappa shape index (κ1) is 66.2. The predicted molar refractivity (Wildman–Crippen MR) is 299 cm³/mol. The summed E-state index contributed by atoms with van der Waals surface area (Å²) in [5.74, 6) is -0.156. The third-order valence-corrected chi connectivity index (χ3v) is 12.8. The van der Waals surface area contributed by atoms with E-state index in [1.165, 1.54) is 89.9 Å². The number of nitrogens with zero attached hydrogens (tertiary/aromatic N) is 1. The molecule has 0 rings (SSSR count). The van der Waals surface area contributed by atoms with Crippen molar-refractivity contribution in [1.29, 1.82) is 0 Å². The van der Waals surface area contributed by atoms with Gasteiger partial charge in [0.1, 0.15) is 13.2 Å². The Morgan fingerprint density at radius 3 is 1.28 bits per heavy atom. The molecule has 0 aliphatic rings. The Labute approximate surface area is 425 Å². The molecule has 0 spiro atoms. The van der Waals surface area contributed by atoms with Gasteiger partial charge in [0.25, 0.3) is 0 Å². The summed E-state index contributed by atoms with van der Waals surface area (Å²) in [6.07, 6.45) is 73.3. The number of allylic oxidation sites excluding steroid dienone is 18. The fourth-order valence-electron chi connectivity index (χ4n) is 7.45. The molecule has 0 aliphatic carbocycles. The van der Waals surface area contributed by atoms with Gasteiger partial charge < -0.3 is 19.8 Å². The Kier molecular flexibility index (Phi) is 48.1. The van der Waals surface area contributed by atoms with Gasteiger partial charge in [-0.05, 0) is 83.5 Å². The molecule has 1 amide bonds. The molecule has 0 heterocycles. The van der Waals surface area contributed by atoms with Crippen LogP contribution < -0.4 is 5.32 Å². The van der Waals surface area contributed by atoms with E-state index in [9.17, 15) is 19.4 Å². The average Bonchev–Trinajstić information content (AvgIpc) is 3.31. The van der Waals surface area contributed by atoms with E-state index < -0.39 is 20.0 Å². The largest absolute Gasteiger partial charge is 0.472 e. The zero-order valence-electron chi connectivity index (χ0n) is 45.0. The number of aliphatic hydroxyl groups is 1. The molecule has 0 aromatic rings. The zero-order chi connectivity index (χ0) is 50.6. The van der Waals surface area contributed by atoms with Crippen molar-refractivity contribution in [2.24, 2.45) is 0 Å². The van der Waals surface area contributed by atoms with Gasteiger partial charge >= 0.3 is 7.82 Å². The molecule has 8 nitrogen and oxygen atoms in total. The first-order chi connectivity index (χ1) is 33.5. The molecule has 0 bridgehead atoms. The van der Waals surface area contributed by atoms with E-state index in [1.54, 1.807) is 0 Å². The Hall–Kier alpha value is -2.84. The van der Waals surface area contributed by atoms with Crippen molar-refractivity contribution < 1.29 is 32.9 Å². The number of likely N-dealkylation sites (N-methyl/N-ethyl adjacent to an activating group) is 1. The van der Waals surface area contributed by atoms with E-state index in [1.807, 2.05) is 21.1 Å². The molecule has 0 saturated carbocycles. The number of carbonyl (C=O) groups excluding carboxylic acids is 1. The van der Waals surface area contributed by atoms with Crippen LogP contribution in [0.25, 0.3) is 0 Å². The second-order valence-corrected chi connectivity index (χ2v) is 21.0. The van der Waals surface area contributed by atoms with Gasteiger partial charge in [-0.1, -0.05) is 232 Å². The number of phosphoric acid groups is 1. The van der Waals surface area contributed by atoms with Crippen molar-refractivity contribution in [3.05, 3.63) is 109 Å². The SMILES string of the molecule is CC/C=C\C/C=C\C/C=C\C/C=C\C/C=C\C/C=C\C/C=C\C/C=C\C/C=C\CCCCCCCCCCCCCCCC(=O)NC(COP(=O)(O)OCC[N+](C)(C)C)C(O)CCCCCCCC. The van der Waals surface area contributed by atoms with E-state index in [-0.39, 0.29) is 19.1 Å². The quantitative estimate of drug-likeness (QED) is 0.0243. The average molecular weight is 982 g/mol. The van der Waals surface area contributed by atoms with Gasteiger partial charge in [-0.2, -0.15) is 0 Å². The molecule has 0 aromatic heterocycles. The highest BCUT2D eigenvalue weighted by Gasteiger charge is 2.28. The number of phosphoric ester groups is 1. The highest BCUT2D eigenvalue weighted by Crippen LogP contribution is 2.43. The van der Waals surface area contributed by atoms with Crippen LogP contribution in [0.3, 0.4) is 0 Å². The van der Waals surface area contributed by atoms with Gasteiger partial charge in [0.2, 0.25) is 5.91 Å². The van der Waals surface area contributed by atoms with Crippen LogP contribution in [0.2, 0.25) is 0 Å². The van der Waals surface area contributed by atoms with Crippen molar-refractivity contribution >= 4 is 13.7 Å². The summed E-state index contributed by atoms with van der Waals surface area (Å²) < 4.78 is 23.5. The van der Waals surface area contributed by atoms with Crippen LogP contribution in [-0.2, 0) is 18.4 Å². The number of quaternary nitrogens is 1. The number of unbranched alkanes of at least 4 members (excludes halogenated alkanes) is 18. The minimum Gasteiger partial charge on any atom is -0.391 e. The van der Waals surface area contributed by atoms with Crippen molar-refractivity contribution in [2.45, 2.75) is 225 Å². The Balaban J connectivity index is 3.87. The third-order valence-electron chi connectivity index (χ3n) is 11.8. The highest BCUT2D eigenvalue weighted by molar-refractivity contribution is 7.47. The van der Waals surface area contributed by atoms with Gasteiger partial charge in [-0.3, -0.25) is 13.8 Å². The summed E-state index contributed by atoms with van der Waals surface area (Å²) in [6, 6.07) is -0.763. The summed E-state index contributed by atoms with van der Waals surface area (Å²) in [5, 5.41) is 13.8. The zero-order valence-corrected chi connectivity index (χ0v) is 45.9. The molecule has 396 valence electrons. The Morgan fingerprint density at radius 1 is 0.507 bits per heavy atom. The van der Waals surface area contributed by atoms with Gasteiger partial charge in [0.05, 0.1) is 39.9 Å². The maximum Gasteiger partial charge on any atom is 0.472 e. The minimum atomic E-state index is -4.31. The van der Waals surface area contributed by atoms with E-state index in [4.69, 9.17) is 9.05 Å². The number of rotatable bonds is 49. The third kappa shape index (κ3) is 52.8. The molecule has 3 atom stereocenters. The van der Waals surface area contributed by atoms with Crippen LogP contribution in [0, 0.1) is 0 Å². The topological polar surface area (TPSA) is 105 Å². The monoisotopic (exact) mass is 982 g/mol. The van der Waals surface area contributed by atoms with Crippen LogP contribution in [0.1, 0.15) is 213 Å². The summed E-state index contributed by atoms with van der Waals surface area (Å²) >= 11 is 0. The standard InChI is InChI=1S/C60H105N2O6P/c1-6-8-10-12-14-15-16-17-18-19-20-21-22-23-24-25-26-27-28-29-30-31-32-33-34-35-36-37-38-39-40-41-42-43-44-45-46-47-48-50-52-54-60(64)61-58(59(63)53-51-49-13-11-9-7-2)57-68-69(65,66)67-56-55-62(3,4)5/h8,10,14-15,17-18,20-21,23-24,26-27,29-30,32-33,35-36,58-59,63H,6-7,9,11-13,16,19,22,25,28,31,34,37-57H2,1-5H3,(H-,61,64,65,66)/p+1/b10-8-,15-14-,18-17-,21-20-,24-23-,27-26-,30-29-,33-32-,36-35-. The fraction of sp³-hybridized carbons (Fsp3) is 0.683. The van der Waals surface area contributed by atoms with E-state index in [0.29, 0.717) is 23.9 Å². The molecule has 69 heavy (non-hydrogen) atoms. The predicted octanol–water partition coefficient (Wildman–Crippen LogP) is 16.8. The number of carbonyl (C=O) groups is 1. The van der Waals surface area contributed by atoms with Gasteiger partial charge in [-0.25, -0.2) is 4.57 Å². The van der Waals surface area contributed by atoms with Crippen LogP contribution in [0.15, 0.2) is 109 Å². The molecular formula is C60H106N2O6P+. The lowest BCUT2D eigenvalue weighted by atomic mass is 10.0. The molecule has 0 saturated heterocycles. The van der Waals surface area contributed by atoms with Crippen molar-refractivity contribution in [2.75, 3.05) is 40.9 Å². The molecular weight excluding hydrogens is 876 g/mol. The number of hydrogen-bond donors (Lipinski definition) is 3. The highest BCUT2D eigenvalue weighted by atomic mass is 31.2. The van der Waals surface area contributed by atoms with Gasteiger partial charge in [0.15, 0.2) is 0 Å². The van der Waals surface area contributed by atoms with E-state index in [0.717, 1.165) is 96.3 Å². The lowest BCUT2D eigenvalue weighted by Gasteiger charge is -2.26. The first-order valence-electron chi connectivity index (χ1n) is 27.8. The summed E-state index contributed by atoms with van der Waals surface area (Å²) in [4.78, 5) is 23.1. The van der Waals surface area contributed by atoms with Crippen LogP contribution in [0.5, 0.6) is 0 Å². The van der Waals surface area contributed by atoms with Gasteiger partial charge in [0, 0.05) is 6.42 Å². The Morgan fingerprint density at radius 2 is 0.870 bits per heavy atom. The summed E-state index contributed by atoms with van der Waals surface area (Å²) in [5.41, 5.74) is 0. The molecule has 0 radical (unpaired) electrons. The molecule has 0 fully saturated rings. The number of nitrogens with one attached hydrogen (secondary N) is 1. The molecule has 3 unspecified atom stereocenters.